The molecule has 3 heterocycles. The van der Waals surface area contributed by atoms with Gasteiger partial charge in [-0.15, -0.1) is 0 Å². The van der Waals surface area contributed by atoms with E-state index in [0.29, 0.717) is 30.2 Å². The van der Waals surface area contributed by atoms with E-state index in [0.717, 1.165) is 67.2 Å². The molecule has 0 spiro atoms. The summed E-state index contributed by atoms with van der Waals surface area (Å²) in [6, 6.07) is 24.8. The Balaban J connectivity index is 1.08. The maximum Gasteiger partial charge on any atom is 0.491 e. The number of nitrogens with one attached hydrogen (secondary N) is 1. The van der Waals surface area contributed by atoms with Crippen LogP contribution in [0.3, 0.4) is 0 Å². The van der Waals surface area contributed by atoms with Gasteiger partial charge >= 0.3 is 12.1 Å². The van der Waals surface area contributed by atoms with Gasteiger partial charge in [0.05, 0.1) is 6.26 Å². The number of furan rings is 1. The van der Waals surface area contributed by atoms with E-state index in [4.69, 9.17) is 4.42 Å². The molecule has 11 heteroatoms. The molecule has 3 aromatic carbocycles. The van der Waals surface area contributed by atoms with Crippen LogP contribution in [-0.4, -0.2) is 66.5 Å². The third kappa shape index (κ3) is 11.7. The minimum atomic E-state index is -5.09. The number of halogens is 3. The predicted octanol–water partition coefficient (Wildman–Crippen LogP) is 8.72. The molecule has 8 nitrogen and oxygen atoms in total. The fourth-order valence-electron chi connectivity index (χ4n) is 7.44. The number of hydrogen-bond acceptors (Lipinski definition) is 6. The molecule has 2 fully saturated rings. The molecule has 0 unspecified atom stereocenters. The van der Waals surface area contributed by atoms with E-state index in [2.05, 4.69) is 10.1 Å². The Kier molecular flexibility index (Phi) is 13.6. The number of piperidine rings is 2. The third-order valence-electron chi connectivity index (χ3n) is 10.6. The van der Waals surface area contributed by atoms with Gasteiger partial charge in [0.15, 0.2) is 0 Å². The van der Waals surface area contributed by atoms with E-state index in [1.807, 2.05) is 53.4 Å². The van der Waals surface area contributed by atoms with Gasteiger partial charge in [-0.05, 0) is 128 Å². The van der Waals surface area contributed by atoms with E-state index >= 15 is 0 Å². The summed E-state index contributed by atoms with van der Waals surface area (Å²) >= 11 is 0. The molecule has 2 amide bonds. The Bertz CT molecular complexity index is 1890. The second-order valence-electron chi connectivity index (χ2n) is 14.5. The standard InChI is InChI=1S/C44H48F3N3O5/c45-44(46,47)43(53)55-40-14-12-34(13-15-40)22-27-50(41(51)17-16-39-11-4-28-54-39)31-35-7-2-8-36(29-35)37-9-3-10-38(30-37)42(52)49-25-20-33(21-26-49)6-1-5-32-18-23-48-24-19-32/h2-4,7-17,28-30,32-33,48H,1,5-6,18-27,31H2. The van der Waals surface area contributed by atoms with Crippen LogP contribution in [0.15, 0.2) is 102 Å². The van der Waals surface area contributed by atoms with Gasteiger partial charge in [0.2, 0.25) is 5.91 Å². The molecule has 2 aliphatic rings. The molecular formula is C44H48F3N3O5. The summed E-state index contributed by atoms with van der Waals surface area (Å²) in [5, 5.41) is 3.45. The van der Waals surface area contributed by atoms with Crippen LogP contribution >= 0.6 is 0 Å². The van der Waals surface area contributed by atoms with Crippen molar-refractivity contribution in [1.29, 1.82) is 0 Å². The van der Waals surface area contributed by atoms with Crippen LogP contribution in [0.4, 0.5) is 13.2 Å². The maximum absolute atomic E-state index is 13.6. The van der Waals surface area contributed by atoms with Gasteiger partial charge in [-0.2, -0.15) is 13.2 Å². The average Bonchev–Trinajstić information content (AvgIpc) is 3.73. The van der Waals surface area contributed by atoms with Gasteiger partial charge in [-0.3, -0.25) is 9.59 Å². The lowest BCUT2D eigenvalue weighted by Crippen LogP contribution is -2.38. The van der Waals surface area contributed by atoms with Crippen LogP contribution in [0.1, 0.15) is 72.2 Å². The third-order valence-corrected chi connectivity index (χ3v) is 10.6. The number of rotatable bonds is 14. The first kappa shape index (κ1) is 39.5. The SMILES string of the molecule is O=C(C=Cc1ccco1)N(CCc1ccc(OC(=O)C(F)(F)F)cc1)Cc1cccc(-c2cccc(C(=O)N3CCC(CCCC4CCNCC4)CC3)c2)c1. The summed E-state index contributed by atoms with van der Waals surface area (Å²) in [6.07, 6.45) is 8.39. The molecule has 1 aromatic heterocycles. The monoisotopic (exact) mass is 755 g/mol. The zero-order valence-electron chi connectivity index (χ0n) is 30.9. The quantitative estimate of drug-likeness (QED) is 0.0787. The summed E-state index contributed by atoms with van der Waals surface area (Å²) < 4.78 is 47.6. The molecule has 0 atom stereocenters. The molecule has 4 aromatic rings. The number of benzene rings is 3. The van der Waals surface area contributed by atoms with Crippen LogP contribution < -0.4 is 10.1 Å². The smallest absolute Gasteiger partial charge is 0.465 e. The highest BCUT2D eigenvalue weighted by Gasteiger charge is 2.41. The van der Waals surface area contributed by atoms with Crippen molar-refractivity contribution in [3.05, 3.63) is 120 Å². The Morgan fingerprint density at radius 1 is 0.836 bits per heavy atom. The summed E-state index contributed by atoms with van der Waals surface area (Å²) in [7, 11) is 0. The van der Waals surface area contributed by atoms with Gasteiger partial charge in [0, 0.05) is 37.8 Å². The maximum atomic E-state index is 13.6. The molecule has 1 N–H and O–H groups in total. The van der Waals surface area contributed by atoms with Crippen LogP contribution in [0.25, 0.3) is 17.2 Å². The highest BCUT2D eigenvalue weighted by molar-refractivity contribution is 5.95. The van der Waals surface area contributed by atoms with Gasteiger partial charge in [-0.25, -0.2) is 4.79 Å². The Morgan fingerprint density at radius 2 is 1.53 bits per heavy atom. The lowest BCUT2D eigenvalue weighted by molar-refractivity contribution is -0.189. The number of hydrogen-bond donors (Lipinski definition) is 1. The van der Waals surface area contributed by atoms with E-state index < -0.39 is 12.1 Å². The largest absolute Gasteiger partial charge is 0.491 e. The van der Waals surface area contributed by atoms with E-state index in [9.17, 15) is 27.6 Å². The first-order valence-electron chi connectivity index (χ1n) is 19.2. The summed E-state index contributed by atoms with van der Waals surface area (Å²) in [6.45, 7) is 4.43. The topological polar surface area (TPSA) is 92.1 Å². The van der Waals surface area contributed by atoms with Gasteiger partial charge in [0.1, 0.15) is 11.5 Å². The van der Waals surface area contributed by atoms with Crippen LogP contribution in [-0.2, 0) is 22.6 Å². The van der Waals surface area contributed by atoms with Crippen LogP contribution in [0.2, 0.25) is 0 Å². The number of amides is 2. The number of esters is 1. The summed E-state index contributed by atoms with van der Waals surface area (Å²) in [5.41, 5.74) is 4.10. The van der Waals surface area contributed by atoms with Crippen LogP contribution in [0.5, 0.6) is 5.75 Å². The number of carbonyl (C=O) groups excluding carboxylic acids is 3. The van der Waals surface area contributed by atoms with Crippen molar-refractivity contribution in [2.24, 2.45) is 11.8 Å². The first-order valence-corrected chi connectivity index (χ1v) is 19.2. The van der Waals surface area contributed by atoms with Crippen molar-refractivity contribution in [3.8, 4) is 16.9 Å². The highest BCUT2D eigenvalue weighted by Crippen LogP contribution is 2.28. The number of alkyl halides is 3. The Hall–Kier alpha value is -5.16. The average molecular weight is 756 g/mol. The van der Waals surface area contributed by atoms with Gasteiger partial charge in [-0.1, -0.05) is 61.7 Å². The summed E-state index contributed by atoms with van der Waals surface area (Å²) in [5.74, 6) is -0.634. The zero-order chi connectivity index (χ0) is 38.6. The Morgan fingerprint density at radius 3 is 2.22 bits per heavy atom. The predicted molar refractivity (Wildman–Crippen MR) is 205 cm³/mol. The number of carbonyl (C=O) groups is 3. The molecule has 2 aliphatic heterocycles. The summed E-state index contributed by atoms with van der Waals surface area (Å²) in [4.78, 5) is 42.0. The van der Waals surface area contributed by atoms with Gasteiger partial charge < -0.3 is 24.3 Å². The van der Waals surface area contributed by atoms with Crippen molar-refractivity contribution in [2.75, 3.05) is 32.7 Å². The number of nitrogens with zero attached hydrogens (tertiary/aromatic N) is 2. The zero-order valence-corrected chi connectivity index (χ0v) is 30.9. The minimum absolute atomic E-state index is 0.0535. The molecule has 6 rings (SSSR count). The van der Waals surface area contributed by atoms with Crippen molar-refractivity contribution in [1.82, 2.24) is 15.1 Å². The van der Waals surface area contributed by atoms with Gasteiger partial charge in [0.25, 0.3) is 5.91 Å². The molecule has 55 heavy (non-hydrogen) atoms. The molecule has 0 aliphatic carbocycles. The fraction of sp³-hybridized carbons (Fsp3) is 0.386. The van der Waals surface area contributed by atoms with Crippen molar-refractivity contribution >= 4 is 23.9 Å². The molecular weight excluding hydrogens is 707 g/mol. The highest BCUT2D eigenvalue weighted by atomic mass is 19.4. The minimum Gasteiger partial charge on any atom is -0.465 e. The second kappa shape index (κ2) is 18.9. The first-order chi connectivity index (χ1) is 26.6. The second-order valence-corrected chi connectivity index (χ2v) is 14.5. The van der Waals surface area contributed by atoms with Crippen LogP contribution in [0, 0.1) is 11.8 Å². The molecule has 0 bridgehead atoms. The normalized spacial score (nSPS) is 15.7. The van der Waals surface area contributed by atoms with E-state index in [-0.39, 0.29) is 24.1 Å². The Labute approximate surface area is 320 Å². The number of ether oxygens (including phenoxy) is 1. The fourth-order valence-corrected chi connectivity index (χ4v) is 7.44. The van der Waals surface area contributed by atoms with Crippen molar-refractivity contribution in [3.63, 3.8) is 0 Å². The lowest BCUT2D eigenvalue weighted by atomic mass is 9.87. The number of likely N-dealkylation sites (tertiary alicyclic amines) is 1. The lowest BCUT2D eigenvalue weighted by Gasteiger charge is -2.32. The van der Waals surface area contributed by atoms with E-state index in [1.54, 1.807) is 35.2 Å². The van der Waals surface area contributed by atoms with E-state index in [1.165, 1.54) is 56.6 Å². The molecule has 290 valence electrons. The molecule has 0 saturated carbocycles. The van der Waals surface area contributed by atoms with Crippen molar-refractivity contribution < 1.29 is 36.7 Å². The molecule has 2 saturated heterocycles. The van der Waals surface area contributed by atoms with Crippen molar-refractivity contribution in [2.45, 2.75) is 64.1 Å². The molecule has 0 radical (unpaired) electrons.